The number of ether oxygens (including phenoxy) is 4. The fourth-order valence-corrected chi connectivity index (χ4v) is 14.9. The molecule has 5 atom stereocenters. The van der Waals surface area contributed by atoms with Crippen molar-refractivity contribution in [2.75, 3.05) is 39.6 Å². The smallest absolute Gasteiger partial charge is 0.462 e. The molecule has 0 rings (SSSR count). The Morgan fingerprint density at radius 1 is 0.231 bits per heavy atom. The number of phosphoric ester groups is 2. The van der Waals surface area contributed by atoms with Crippen molar-refractivity contribution in [3.8, 4) is 0 Å². The number of unbranched alkanes of at least 4 members (excludes halogenated alkanes) is 60. The first kappa shape index (κ1) is 102. The van der Waals surface area contributed by atoms with Gasteiger partial charge in [0.2, 0.25) is 0 Å². The molecule has 0 aromatic heterocycles. The Labute approximate surface area is 638 Å². The number of rotatable bonds is 86. The molecule has 0 radical (unpaired) electrons. The van der Waals surface area contributed by atoms with E-state index in [2.05, 4.69) is 27.7 Å². The van der Waals surface area contributed by atoms with E-state index < -0.39 is 97.5 Å². The first-order chi connectivity index (χ1) is 50.7. The zero-order valence-electron chi connectivity index (χ0n) is 68.0. The molecule has 0 aliphatic carbocycles. The Morgan fingerprint density at radius 2 is 0.385 bits per heavy atom. The molecular weight excluding hydrogens is 1350 g/mol. The summed E-state index contributed by atoms with van der Waals surface area (Å²) in [6, 6.07) is 0. The minimum Gasteiger partial charge on any atom is -0.462 e. The molecule has 0 heterocycles. The minimum absolute atomic E-state index is 0.109. The maximum Gasteiger partial charge on any atom is 0.472 e. The second-order valence-corrected chi connectivity index (χ2v) is 33.5. The van der Waals surface area contributed by atoms with Crippen LogP contribution in [-0.2, 0) is 65.4 Å². The monoisotopic (exact) mass is 1520 g/mol. The van der Waals surface area contributed by atoms with E-state index in [-0.39, 0.29) is 25.7 Å². The third-order valence-corrected chi connectivity index (χ3v) is 22.0. The average molecular weight is 1520 g/mol. The molecule has 0 saturated heterocycles. The van der Waals surface area contributed by atoms with Gasteiger partial charge in [0.25, 0.3) is 0 Å². The number of hydrogen-bond acceptors (Lipinski definition) is 15. The molecule has 0 aliphatic rings. The Balaban J connectivity index is 5.18. The SMILES string of the molecule is CCCCCCCCCCCCCCCCCCCCCCC(=O)O[C@H](COC(=O)CCCCCCCCCCCCCCCCCCCCC)COP(=O)(O)OC[C@@H](O)COP(=O)(O)OC[C@@H](COC(=O)CCCCCCCCCC)OC(=O)CCCCCCCCCCCCCCCCCCC. The van der Waals surface area contributed by atoms with Crippen LogP contribution in [0.4, 0.5) is 0 Å². The first-order valence-corrected chi connectivity index (χ1v) is 47.3. The van der Waals surface area contributed by atoms with E-state index in [1.54, 1.807) is 0 Å². The fraction of sp³-hybridized carbons (Fsp3) is 0.953. The van der Waals surface area contributed by atoms with Crippen molar-refractivity contribution in [2.24, 2.45) is 0 Å². The summed E-state index contributed by atoms with van der Waals surface area (Å²) in [5, 5.41) is 10.7. The van der Waals surface area contributed by atoms with Crippen molar-refractivity contribution in [3.63, 3.8) is 0 Å². The number of phosphoric acid groups is 2. The van der Waals surface area contributed by atoms with Crippen LogP contribution in [0, 0.1) is 0 Å². The molecule has 618 valence electrons. The fourth-order valence-electron chi connectivity index (χ4n) is 13.3. The third-order valence-electron chi connectivity index (χ3n) is 20.1. The van der Waals surface area contributed by atoms with E-state index in [1.807, 2.05) is 0 Å². The number of carbonyl (C=O) groups excluding carboxylic acids is 4. The van der Waals surface area contributed by atoms with Crippen LogP contribution in [0.25, 0.3) is 0 Å². The predicted octanol–water partition coefficient (Wildman–Crippen LogP) is 26.1. The molecule has 17 nitrogen and oxygen atoms in total. The van der Waals surface area contributed by atoms with Crippen LogP contribution >= 0.6 is 15.6 Å². The summed E-state index contributed by atoms with van der Waals surface area (Å²) in [7, 11) is -9.92. The second-order valence-electron chi connectivity index (χ2n) is 30.6. The van der Waals surface area contributed by atoms with Crippen molar-refractivity contribution < 1.29 is 80.2 Å². The lowest BCUT2D eigenvalue weighted by molar-refractivity contribution is -0.161. The van der Waals surface area contributed by atoms with Gasteiger partial charge >= 0.3 is 39.5 Å². The minimum atomic E-state index is -4.96. The molecule has 3 N–H and O–H groups in total. The van der Waals surface area contributed by atoms with Gasteiger partial charge in [0.05, 0.1) is 26.4 Å². The highest BCUT2D eigenvalue weighted by atomic mass is 31.2. The van der Waals surface area contributed by atoms with Crippen LogP contribution in [0.15, 0.2) is 0 Å². The molecule has 19 heteroatoms. The quantitative estimate of drug-likeness (QED) is 0.0222. The van der Waals surface area contributed by atoms with E-state index >= 15 is 0 Å². The molecule has 0 spiro atoms. The molecule has 0 bridgehead atoms. The molecule has 0 aromatic rings. The van der Waals surface area contributed by atoms with Crippen LogP contribution in [0.3, 0.4) is 0 Å². The van der Waals surface area contributed by atoms with Gasteiger partial charge in [-0.2, -0.15) is 0 Å². The van der Waals surface area contributed by atoms with Gasteiger partial charge < -0.3 is 33.8 Å². The summed E-state index contributed by atoms with van der Waals surface area (Å²) in [6.07, 6.45) is 73.7. The highest BCUT2D eigenvalue weighted by Gasteiger charge is 2.30. The highest BCUT2D eigenvalue weighted by molar-refractivity contribution is 7.47. The summed E-state index contributed by atoms with van der Waals surface area (Å²) in [4.78, 5) is 73.1. The molecular formula is C85H166O17P2. The maximum absolute atomic E-state index is 13.1. The number of aliphatic hydroxyl groups is 1. The van der Waals surface area contributed by atoms with Gasteiger partial charge in [-0.25, -0.2) is 9.13 Å². The summed E-state index contributed by atoms with van der Waals surface area (Å²) < 4.78 is 68.8. The zero-order chi connectivity index (χ0) is 76.0. The Bertz CT molecular complexity index is 1960. The second kappa shape index (κ2) is 79.2. The molecule has 0 saturated carbocycles. The summed E-state index contributed by atoms with van der Waals surface area (Å²) in [5.74, 6) is -2.10. The molecule has 2 unspecified atom stereocenters. The number of aliphatic hydroxyl groups excluding tert-OH is 1. The highest BCUT2D eigenvalue weighted by Crippen LogP contribution is 2.45. The zero-order valence-corrected chi connectivity index (χ0v) is 69.8. The lowest BCUT2D eigenvalue weighted by atomic mass is 10.0. The van der Waals surface area contributed by atoms with Crippen LogP contribution in [0.5, 0.6) is 0 Å². The maximum atomic E-state index is 13.1. The van der Waals surface area contributed by atoms with Gasteiger partial charge in [0, 0.05) is 25.7 Å². The van der Waals surface area contributed by atoms with Gasteiger partial charge in [-0.15, -0.1) is 0 Å². The molecule has 0 amide bonds. The average Bonchev–Trinajstić information content (AvgIpc) is 0.914. The van der Waals surface area contributed by atoms with Crippen LogP contribution in [-0.4, -0.2) is 96.7 Å². The lowest BCUT2D eigenvalue weighted by Gasteiger charge is -2.21. The molecule has 0 fully saturated rings. The van der Waals surface area contributed by atoms with Gasteiger partial charge in [-0.1, -0.05) is 413 Å². The van der Waals surface area contributed by atoms with Crippen molar-refractivity contribution in [1.29, 1.82) is 0 Å². The van der Waals surface area contributed by atoms with E-state index in [0.717, 1.165) is 89.9 Å². The van der Waals surface area contributed by atoms with Crippen LogP contribution in [0.1, 0.15) is 464 Å². The summed E-state index contributed by atoms with van der Waals surface area (Å²) >= 11 is 0. The Hall–Kier alpha value is -1.94. The molecule has 0 aromatic carbocycles. The van der Waals surface area contributed by atoms with Gasteiger partial charge in [-0.3, -0.25) is 37.3 Å². The number of hydrogen-bond donors (Lipinski definition) is 3. The Kier molecular flexibility index (Phi) is 77.7. The van der Waals surface area contributed by atoms with Gasteiger partial charge in [-0.05, 0) is 25.7 Å². The van der Waals surface area contributed by atoms with E-state index in [0.29, 0.717) is 25.7 Å². The molecule has 0 aliphatic heterocycles. The molecule has 104 heavy (non-hydrogen) atoms. The normalized spacial score (nSPS) is 13.7. The first-order valence-electron chi connectivity index (χ1n) is 44.3. The number of carbonyl (C=O) groups is 4. The van der Waals surface area contributed by atoms with Gasteiger partial charge in [0.15, 0.2) is 12.2 Å². The van der Waals surface area contributed by atoms with E-state index in [9.17, 15) is 43.2 Å². The largest absolute Gasteiger partial charge is 0.472 e. The van der Waals surface area contributed by atoms with Crippen molar-refractivity contribution in [1.82, 2.24) is 0 Å². The van der Waals surface area contributed by atoms with E-state index in [1.165, 1.54) is 295 Å². The summed E-state index contributed by atoms with van der Waals surface area (Å²) in [6.45, 7) is 5.03. The summed E-state index contributed by atoms with van der Waals surface area (Å²) in [5.41, 5.74) is 0. The van der Waals surface area contributed by atoms with Crippen LogP contribution in [0.2, 0.25) is 0 Å². The van der Waals surface area contributed by atoms with E-state index in [4.69, 9.17) is 37.0 Å². The van der Waals surface area contributed by atoms with Crippen LogP contribution < -0.4 is 0 Å². The van der Waals surface area contributed by atoms with Gasteiger partial charge in [0.1, 0.15) is 19.3 Å². The lowest BCUT2D eigenvalue weighted by Crippen LogP contribution is -2.30. The predicted molar refractivity (Wildman–Crippen MR) is 428 cm³/mol. The topological polar surface area (TPSA) is 237 Å². The standard InChI is InChI=1S/C85H166O17P2/c1-5-9-13-17-21-25-28-31-34-37-39-41-44-47-50-53-56-60-64-68-72-85(90)102-81(76-96-83(88)70-66-62-58-54-51-48-45-43-40-38-35-32-29-26-22-18-14-10-6-2)78-100-104(93,94)98-74-79(86)73-97-103(91,92)99-77-80(75-95-82(87)69-65-61-57-24-20-16-12-8-4)101-84(89)71-67-63-59-55-52-49-46-42-36-33-30-27-23-19-15-11-7-3/h79-81,86H,5-78H2,1-4H3,(H,91,92)(H,93,94)/t79-,80+,81+/m0/s1. The van der Waals surface area contributed by atoms with Crippen molar-refractivity contribution >= 4 is 39.5 Å². The Morgan fingerprint density at radius 3 is 0.567 bits per heavy atom. The number of esters is 4. The van der Waals surface area contributed by atoms with Crippen molar-refractivity contribution in [2.45, 2.75) is 483 Å². The third kappa shape index (κ3) is 78.2. The van der Waals surface area contributed by atoms with Crippen molar-refractivity contribution in [3.05, 3.63) is 0 Å².